The van der Waals surface area contributed by atoms with Gasteiger partial charge in [0.1, 0.15) is 0 Å². The Balaban J connectivity index is 1.56. The summed E-state index contributed by atoms with van der Waals surface area (Å²) in [6.07, 6.45) is 1.80. The molecule has 5 heteroatoms. The molecule has 0 unspecified atom stereocenters. The maximum atomic E-state index is 12.4. The van der Waals surface area contributed by atoms with Crippen molar-refractivity contribution in [2.24, 2.45) is 0 Å². The van der Waals surface area contributed by atoms with E-state index in [2.05, 4.69) is 22.4 Å². The number of nitrogens with one attached hydrogen (secondary N) is 1. The predicted octanol–water partition coefficient (Wildman–Crippen LogP) is 4.75. The highest BCUT2D eigenvalue weighted by molar-refractivity contribution is 7.33. The summed E-state index contributed by atoms with van der Waals surface area (Å²) in [5.74, 6) is -0.0249. The van der Waals surface area contributed by atoms with Crippen LogP contribution in [0.5, 0.6) is 0 Å². The first-order valence-electron chi connectivity index (χ1n) is 7.31. The number of carbonyl (C=O) groups excluding carboxylic acids is 1. The molecule has 0 saturated heterocycles. The zero-order valence-corrected chi connectivity index (χ0v) is 14.1. The summed E-state index contributed by atoms with van der Waals surface area (Å²) in [5, 5.41) is 4.21. The molecule has 0 fully saturated rings. The Bertz CT molecular complexity index is 999. The molecule has 0 aliphatic carbocycles. The third-order valence-electron chi connectivity index (χ3n) is 3.70. The van der Waals surface area contributed by atoms with Gasteiger partial charge in [0.05, 0.1) is 9.58 Å². The predicted molar refractivity (Wildman–Crippen MR) is 97.4 cm³/mol. The van der Waals surface area contributed by atoms with Gasteiger partial charge >= 0.3 is 0 Å². The molecule has 0 radical (unpaired) electrons. The van der Waals surface area contributed by atoms with Crippen molar-refractivity contribution in [3.63, 3.8) is 0 Å². The van der Waals surface area contributed by atoms with E-state index in [-0.39, 0.29) is 5.91 Å². The van der Waals surface area contributed by atoms with Gasteiger partial charge in [0.15, 0.2) is 0 Å². The topological polar surface area (TPSA) is 42.0 Å². The van der Waals surface area contributed by atoms with Gasteiger partial charge in [0.2, 0.25) is 0 Å². The molecule has 1 amide bonds. The quantitative estimate of drug-likeness (QED) is 0.586. The lowest BCUT2D eigenvalue weighted by molar-refractivity contribution is 0.0955. The zero-order chi connectivity index (χ0) is 15.8. The number of hydrogen-bond donors (Lipinski definition) is 1. The van der Waals surface area contributed by atoms with Gasteiger partial charge in [-0.2, -0.15) is 0 Å². The molecule has 1 aromatic carbocycles. The number of nitrogens with zero attached hydrogens (tertiary/aromatic N) is 1. The van der Waals surface area contributed by atoms with Crippen molar-refractivity contribution >= 4 is 48.1 Å². The van der Waals surface area contributed by atoms with E-state index in [4.69, 9.17) is 0 Å². The van der Waals surface area contributed by atoms with Gasteiger partial charge in [-0.15, -0.1) is 22.7 Å². The molecule has 0 aliphatic heterocycles. The van der Waals surface area contributed by atoms with Gasteiger partial charge in [0, 0.05) is 33.2 Å². The number of aryl methyl sites for hydroxylation is 1. The van der Waals surface area contributed by atoms with Crippen molar-refractivity contribution in [1.82, 2.24) is 10.3 Å². The zero-order valence-electron chi connectivity index (χ0n) is 12.5. The molecule has 0 atom stereocenters. The summed E-state index contributed by atoms with van der Waals surface area (Å²) in [4.78, 5) is 17.4. The van der Waals surface area contributed by atoms with Gasteiger partial charge < -0.3 is 5.32 Å². The second-order valence-electron chi connectivity index (χ2n) is 5.39. The van der Waals surface area contributed by atoms with Crippen LogP contribution in [-0.2, 0) is 6.54 Å². The molecule has 0 spiro atoms. The lowest BCUT2D eigenvalue weighted by Crippen LogP contribution is -2.21. The second-order valence-corrected chi connectivity index (χ2v) is 7.53. The molecule has 0 saturated carbocycles. The summed E-state index contributed by atoms with van der Waals surface area (Å²) in [6.45, 7) is 2.45. The Kier molecular flexibility index (Phi) is 3.59. The number of aromatic nitrogens is 1. The molecular weight excluding hydrogens is 324 g/mol. The van der Waals surface area contributed by atoms with Crippen LogP contribution >= 0.6 is 22.7 Å². The Morgan fingerprint density at radius 1 is 1.13 bits per heavy atom. The normalized spacial score (nSPS) is 11.2. The Morgan fingerprint density at radius 3 is 2.83 bits per heavy atom. The van der Waals surface area contributed by atoms with Gasteiger partial charge in [-0.05, 0) is 30.7 Å². The first-order valence-corrected chi connectivity index (χ1v) is 8.95. The van der Waals surface area contributed by atoms with Crippen molar-refractivity contribution in [3.05, 3.63) is 64.8 Å². The van der Waals surface area contributed by atoms with Crippen molar-refractivity contribution in [2.45, 2.75) is 13.5 Å². The van der Waals surface area contributed by atoms with Gasteiger partial charge in [0.25, 0.3) is 5.91 Å². The number of amides is 1. The largest absolute Gasteiger partial charge is 0.347 e. The highest BCUT2D eigenvalue weighted by Gasteiger charge is 2.14. The number of carbonyl (C=O) groups is 1. The van der Waals surface area contributed by atoms with Crippen LogP contribution in [0.3, 0.4) is 0 Å². The maximum absolute atomic E-state index is 12.4. The van der Waals surface area contributed by atoms with Crippen molar-refractivity contribution in [1.29, 1.82) is 0 Å². The number of rotatable bonds is 3. The first kappa shape index (κ1) is 14.4. The lowest BCUT2D eigenvalue weighted by Gasteiger charge is -2.03. The average molecular weight is 338 g/mol. The fourth-order valence-corrected chi connectivity index (χ4v) is 4.93. The number of benzene rings is 1. The minimum absolute atomic E-state index is 0.0249. The van der Waals surface area contributed by atoms with Gasteiger partial charge in [-0.3, -0.25) is 9.78 Å². The monoisotopic (exact) mass is 338 g/mol. The highest BCUT2D eigenvalue weighted by atomic mass is 32.1. The third-order valence-corrected chi connectivity index (χ3v) is 6.11. The van der Waals surface area contributed by atoms with Crippen LogP contribution in [0.25, 0.3) is 19.5 Å². The maximum Gasteiger partial charge on any atom is 0.261 e. The first-order chi connectivity index (χ1) is 11.2. The van der Waals surface area contributed by atoms with Crippen molar-refractivity contribution < 1.29 is 4.79 Å². The number of thiophene rings is 2. The van der Waals surface area contributed by atoms with Crippen molar-refractivity contribution in [2.75, 3.05) is 0 Å². The molecule has 23 heavy (non-hydrogen) atoms. The molecule has 4 aromatic rings. The molecule has 3 aromatic heterocycles. The molecule has 1 N–H and O–H groups in total. The van der Waals surface area contributed by atoms with Crippen LogP contribution < -0.4 is 5.32 Å². The smallest absolute Gasteiger partial charge is 0.261 e. The Hall–Kier alpha value is -2.24. The van der Waals surface area contributed by atoms with E-state index >= 15 is 0 Å². The molecule has 0 bridgehead atoms. The number of fused-ring (bicyclic) bond motifs is 3. The van der Waals surface area contributed by atoms with Crippen molar-refractivity contribution in [3.8, 4) is 0 Å². The SMILES string of the molecule is Cc1ccc(CNC(=O)c2cc3sc4ccccc4c3s2)cn1. The van der Waals surface area contributed by atoms with E-state index in [9.17, 15) is 4.79 Å². The van der Waals surface area contributed by atoms with Gasteiger partial charge in [-0.25, -0.2) is 0 Å². The summed E-state index contributed by atoms with van der Waals surface area (Å²) in [7, 11) is 0. The number of pyridine rings is 1. The highest BCUT2D eigenvalue weighted by Crippen LogP contribution is 2.39. The Morgan fingerprint density at radius 2 is 2.00 bits per heavy atom. The molecular formula is C18H14N2OS2. The van der Waals surface area contributed by atoms with E-state index in [0.29, 0.717) is 6.54 Å². The lowest BCUT2D eigenvalue weighted by atomic mass is 10.2. The van der Waals surface area contributed by atoms with Crippen LogP contribution in [0.4, 0.5) is 0 Å². The summed E-state index contributed by atoms with van der Waals surface area (Å²) < 4.78 is 3.65. The van der Waals surface area contributed by atoms with Crippen LogP contribution in [0, 0.1) is 6.92 Å². The fraction of sp³-hybridized carbons (Fsp3) is 0.111. The molecule has 3 nitrogen and oxygen atoms in total. The van der Waals surface area contributed by atoms with E-state index in [1.165, 1.54) is 19.5 Å². The summed E-state index contributed by atoms with van der Waals surface area (Å²) in [6, 6.07) is 14.3. The molecule has 114 valence electrons. The minimum atomic E-state index is -0.0249. The molecule has 3 heterocycles. The third kappa shape index (κ3) is 2.73. The van der Waals surface area contributed by atoms with E-state index < -0.39 is 0 Å². The standard InChI is InChI=1S/C18H14N2OS2/c1-11-6-7-12(9-19-11)10-20-18(21)16-8-15-17(23-16)13-4-2-3-5-14(13)22-15/h2-9H,10H2,1H3,(H,20,21). The van der Waals surface area contributed by atoms with Crippen LogP contribution in [0.15, 0.2) is 48.7 Å². The van der Waals surface area contributed by atoms with Crippen LogP contribution in [0.1, 0.15) is 20.9 Å². The molecule has 0 aliphatic rings. The molecule has 4 rings (SSSR count). The second kappa shape index (κ2) is 5.76. The van der Waals surface area contributed by atoms with Crippen LogP contribution in [-0.4, -0.2) is 10.9 Å². The van der Waals surface area contributed by atoms with E-state index in [0.717, 1.165) is 16.1 Å². The number of hydrogen-bond acceptors (Lipinski definition) is 4. The Labute approximate surface area is 141 Å². The average Bonchev–Trinajstić information content (AvgIpc) is 3.12. The van der Waals surface area contributed by atoms with Crippen LogP contribution in [0.2, 0.25) is 0 Å². The van der Waals surface area contributed by atoms with Gasteiger partial charge in [-0.1, -0.05) is 24.3 Å². The summed E-state index contributed by atoms with van der Waals surface area (Å²) in [5.41, 5.74) is 1.98. The minimum Gasteiger partial charge on any atom is -0.347 e. The van der Waals surface area contributed by atoms with E-state index in [1.807, 2.05) is 37.3 Å². The summed E-state index contributed by atoms with van der Waals surface area (Å²) >= 11 is 3.30. The fourth-order valence-electron chi connectivity index (χ4n) is 2.48. The van der Waals surface area contributed by atoms with E-state index in [1.54, 1.807) is 28.9 Å².